The highest BCUT2D eigenvalue weighted by Gasteiger charge is 2.40. The van der Waals surface area contributed by atoms with E-state index in [9.17, 15) is 28.8 Å². The number of piperidine rings is 5. The first-order valence-electron chi connectivity index (χ1n) is 42.8. The Kier molecular flexibility index (Phi) is 36.7. The molecule has 119 heavy (non-hydrogen) atoms. The molecule has 6 fully saturated rings. The number of ether oxygens (including phenoxy) is 2. The fourth-order valence-electron chi connectivity index (χ4n) is 17.9. The van der Waals surface area contributed by atoms with Crippen LogP contribution in [0.1, 0.15) is 200 Å². The smallest absolute Gasteiger partial charge is 0.415 e. The molecule has 634 valence electrons. The molecule has 0 unspecified atom stereocenters. The summed E-state index contributed by atoms with van der Waals surface area (Å²) in [6, 6.07) is 66.8. The molecule has 0 bridgehead atoms. The second kappa shape index (κ2) is 46.3. The third kappa shape index (κ3) is 30.5. The highest BCUT2D eigenvalue weighted by Crippen LogP contribution is 2.41. The topological polar surface area (TPSA) is 140 Å². The predicted molar refractivity (Wildman–Crippen MR) is 489 cm³/mol. The Balaban J connectivity index is 0.000000178. The van der Waals surface area contributed by atoms with Crippen LogP contribution in [-0.2, 0) is 22.6 Å². The Morgan fingerprint density at radius 1 is 0.370 bits per heavy atom. The number of nitrogens with zero attached hydrogens (tertiary/aromatic N) is 6. The minimum Gasteiger partial charge on any atom is -0.445 e. The summed E-state index contributed by atoms with van der Waals surface area (Å²) in [5.41, 5.74) is 9.10. The monoisotopic (exact) mass is 1630 g/mol. The van der Waals surface area contributed by atoms with E-state index in [-0.39, 0.29) is 68.3 Å². The molecular weight excluding hydrogens is 1500 g/mol. The number of carbonyl (C=O) groups excluding carboxylic acids is 6. The summed E-state index contributed by atoms with van der Waals surface area (Å²) < 4.78 is 10.7. The number of benzene rings is 7. The zero-order chi connectivity index (χ0) is 85.9. The van der Waals surface area contributed by atoms with Gasteiger partial charge in [0.25, 0.3) is 17.7 Å². The summed E-state index contributed by atoms with van der Waals surface area (Å²) in [4.78, 5) is 85.1. The van der Waals surface area contributed by atoms with Crippen LogP contribution >= 0.6 is 11.6 Å². The minimum absolute atomic E-state index is 0.0571. The van der Waals surface area contributed by atoms with Gasteiger partial charge in [-0.3, -0.25) is 19.2 Å². The van der Waals surface area contributed by atoms with E-state index in [1.165, 1.54) is 29.5 Å². The Labute approximate surface area is 717 Å². The van der Waals surface area contributed by atoms with E-state index in [0.29, 0.717) is 17.4 Å². The normalized spacial score (nSPS) is 22.5. The molecule has 0 radical (unpaired) electrons. The number of rotatable bonds is 21. The molecule has 0 spiro atoms. The Bertz CT molecular complexity index is 4330. The van der Waals surface area contributed by atoms with E-state index in [2.05, 4.69) is 117 Å². The quantitative estimate of drug-likeness (QED) is 0.0648. The number of para-hydroxylation sites is 1. The van der Waals surface area contributed by atoms with Crippen molar-refractivity contribution in [1.29, 1.82) is 0 Å². The van der Waals surface area contributed by atoms with Crippen LogP contribution in [0, 0.1) is 32.5 Å². The molecule has 0 aliphatic carbocycles. The van der Waals surface area contributed by atoms with Crippen LogP contribution < -0.4 is 4.74 Å². The molecule has 6 heterocycles. The van der Waals surface area contributed by atoms with Gasteiger partial charge in [-0.1, -0.05) is 240 Å². The molecule has 15 heteroatoms. The summed E-state index contributed by atoms with van der Waals surface area (Å²) >= 11 is 5.95. The van der Waals surface area contributed by atoms with Crippen LogP contribution in [0.25, 0.3) is 11.1 Å². The minimum atomic E-state index is -0.249. The lowest BCUT2D eigenvalue weighted by Crippen LogP contribution is -2.46. The van der Waals surface area contributed by atoms with Crippen molar-refractivity contribution in [2.75, 3.05) is 78.5 Å². The van der Waals surface area contributed by atoms with Gasteiger partial charge in [-0.05, 0) is 226 Å². The first-order chi connectivity index (χ1) is 57.0. The first kappa shape index (κ1) is 94.2. The molecule has 6 amide bonds. The van der Waals surface area contributed by atoms with Crippen LogP contribution in [-0.4, -0.2) is 144 Å². The van der Waals surface area contributed by atoms with Gasteiger partial charge in [0.15, 0.2) is 0 Å². The number of hydrogen-bond acceptors (Lipinski definition) is 8. The van der Waals surface area contributed by atoms with Crippen molar-refractivity contribution >= 4 is 47.4 Å². The lowest BCUT2D eigenvalue weighted by atomic mass is 9.72. The molecule has 7 aromatic carbocycles. The molecule has 6 saturated heterocycles. The lowest BCUT2D eigenvalue weighted by molar-refractivity contribution is -0.132. The van der Waals surface area contributed by atoms with E-state index < -0.39 is 0 Å². The van der Waals surface area contributed by atoms with Gasteiger partial charge in [0.05, 0.1) is 0 Å². The lowest BCUT2D eigenvalue weighted by Gasteiger charge is -2.42. The summed E-state index contributed by atoms with van der Waals surface area (Å²) in [6.45, 7) is 48.1. The molecule has 0 saturated carbocycles. The molecule has 7 aromatic rings. The summed E-state index contributed by atoms with van der Waals surface area (Å²) in [5.74, 6) is 1.22. The molecule has 6 aliphatic heterocycles. The number of carbonyl (C=O) groups is 6. The molecule has 6 aliphatic rings. The number of halogens is 1. The second-order valence-corrected chi connectivity index (χ2v) is 36.2. The van der Waals surface area contributed by atoms with Crippen molar-refractivity contribution in [3.63, 3.8) is 0 Å². The Hall–Kier alpha value is -10.3. The second-order valence-electron chi connectivity index (χ2n) is 35.6. The van der Waals surface area contributed by atoms with E-state index in [4.69, 9.17) is 21.1 Å². The fourth-order valence-corrected chi connectivity index (χ4v) is 18.3. The molecular formula is C104H133ClN6O8. The highest BCUT2D eigenvalue weighted by atomic mass is 35.5. The van der Waals surface area contributed by atoms with Crippen LogP contribution in [0.4, 0.5) is 9.59 Å². The summed E-state index contributed by atoms with van der Waals surface area (Å²) in [5, 5.41) is 0.677. The van der Waals surface area contributed by atoms with E-state index in [0.717, 1.165) is 209 Å². The van der Waals surface area contributed by atoms with Crippen LogP contribution in [0.5, 0.6) is 5.75 Å². The van der Waals surface area contributed by atoms with Crippen molar-refractivity contribution in [2.24, 2.45) is 32.5 Å². The maximum atomic E-state index is 12.8. The van der Waals surface area contributed by atoms with Gasteiger partial charge >= 0.3 is 12.2 Å². The van der Waals surface area contributed by atoms with Crippen LogP contribution in [0.15, 0.2) is 281 Å². The van der Waals surface area contributed by atoms with Crippen molar-refractivity contribution < 1.29 is 38.2 Å². The van der Waals surface area contributed by atoms with Crippen molar-refractivity contribution in [2.45, 2.75) is 171 Å². The molecule has 0 N–H and O–H groups in total. The molecule has 13 rings (SSSR count). The van der Waals surface area contributed by atoms with Crippen molar-refractivity contribution in [1.82, 2.24) is 29.4 Å². The van der Waals surface area contributed by atoms with Gasteiger partial charge in [-0.25, -0.2) is 9.59 Å². The fraction of sp³-hybridized carbons (Fsp3) is 0.423. The van der Waals surface area contributed by atoms with Crippen molar-refractivity contribution in [3.8, 4) is 16.9 Å². The van der Waals surface area contributed by atoms with E-state index in [1.54, 1.807) is 28.9 Å². The zero-order valence-electron chi connectivity index (χ0n) is 72.4. The number of amides is 6. The SMILES string of the molecule is C=C(C)C[C@]1(C)CCCN(C(=O)c2ccccc2)C1.C=C(Cl)C[C@]1(C)CCCN(C(=O)c2ccccc2)C1.C=CC[C@]1(C)CCCN(C(=O)Oc2ccccc2)C1.C=CC[C@]1(C)CCCN(C(=O)c2ccc(-c3ccccc3)cc2)C1.C=CC[C@]1(C)CCN(C(=O)OCc2ccccc2)C1.C=CC[C@]1(Cc2ccccc2)CCCN(C(C)=O)C1. The van der Waals surface area contributed by atoms with Gasteiger partial charge in [-0.2, -0.15) is 0 Å². The van der Waals surface area contributed by atoms with Crippen molar-refractivity contribution in [3.05, 3.63) is 308 Å². The first-order valence-corrected chi connectivity index (χ1v) is 43.2. The van der Waals surface area contributed by atoms with Gasteiger partial charge in [-0.15, -0.1) is 32.9 Å². The standard InChI is InChI=1S/C22H25NO.2C17H23NO.C16H20ClNO.2C16H21NO2/c1-3-14-22(2)15-7-16-23(17-22)21(24)20-12-10-19(11-13-20)18-8-5-4-6-9-18;1-14(2)12-17(3)10-7-11-18(13-17)16(19)15-8-5-4-6-9-15;1-3-10-17(13-16-8-5-4-6-9-16)11-7-12-18(14-17)15(2)19;1-13(17)11-16(2)9-6-10-18(12-16)15(19)14-7-4-3-5-8-14;1-3-10-16(2)11-7-12-17(13-16)15(18)19-14-8-5-4-6-9-14;1-3-9-16(2)10-11-17(13-16)15(18)19-12-14-7-5-4-6-8-14/h3-6,8-13H,1,7,14-17H2,2H3;4-6,8-9H,1,7,10-13H2,2-3H3;3-6,8-9H,1,7,10-14H2,2H3;3-5,7-8H,1,6,9-12H2,2H3;3-6,8-9H,1,7,10-13H2,2H3;3-8H,1,9-13H2,2H3/t22-;2*17-;3*16-/m101011/s1. The molecule has 14 nitrogen and oxygen atoms in total. The Morgan fingerprint density at radius 3 is 1.17 bits per heavy atom. The summed E-state index contributed by atoms with van der Waals surface area (Å²) in [7, 11) is 0. The molecule has 0 aromatic heterocycles. The number of hydrogen-bond donors (Lipinski definition) is 0. The average Bonchev–Trinajstić information content (AvgIpc) is 1.72. The van der Waals surface area contributed by atoms with Gasteiger partial charge < -0.3 is 38.9 Å². The third-order valence-electron chi connectivity index (χ3n) is 23.9. The maximum absolute atomic E-state index is 12.8. The van der Waals surface area contributed by atoms with Gasteiger partial charge in [0.1, 0.15) is 12.4 Å². The molecule has 6 atom stereocenters. The van der Waals surface area contributed by atoms with Gasteiger partial charge in [0, 0.05) is 107 Å². The largest absolute Gasteiger partial charge is 0.445 e. The number of allylic oxidation sites excluding steroid dienone is 6. The Morgan fingerprint density at radius 2 is 0.723 bits per heavy atom. The van der Waals surface area contributed by atoms with Crippen LogP contribution in [0.2, 0.25) is 0 Å². The highest BCUT2D eigenvalue weighted by molar-refractivity contribution is 6.29. The number of likely N-dealkylation sites (tertiary alicyclic amines) is 6. The van der Waals surface area contributed by atoms with E-state index >= 15 is 0 Å². The average molecular weight is 1630 g/mol. The predicted octanol–water partition coefficient (Wildman–Crippen LogP) is 24.0. The van der Waals surface area contributed by atoms with Crippen LogP contribution in [0.3, 0.4) is 0 Å². The third-order valence-corrected chi connectivity index (χ3v) is 24.0. The van der Waals surface area contributed by atoms with E-state index in [1.807, 2.05) is 202 Å². The summed E-state index contributed by atoms with van der Waals surface area (Å²) in [6.07, 6.45) is 26.1. The zero-order valence-corrected chi connectivity index (χ0v) is 73.2. The maximum Gasteiger partial charge on any atom is 0.415 e. The van der Waals surface area contributed by atoms with Gasteiger partial charge in [0.2, 0.25) is 5.91 Å².